The molecule has 0 spiro atoms. The number of hydrogen-bond acceptors (Lipinski definition) is 1. The van der Waals surface area contributed by atoms with Crippen LogP contribution in [0.1, 0.15) is 22.5 Å². The largest absolute Gasteiger partial charge is 0.331 e. The van der Waals surface area contributed by atoms with E-state index >= 15 is 0 Å². The predicted molar refractivity (Wildman–Crippen MR) is 67.6 cm³/mol. The van der Waals surface area contributed by atoms with Crippen LogP contribution in [0.5, 0.6) is 0 Å². The van der Waals surface area contributed by atoms with Crippen molar-refractivity contribution in [2.75, 3.05) is 0 Å². The lowest BCUT2D eigenvalue weighted by Crippen LogP contribution is -1.96. The second-order valence-corrected chi connectivity index (χ2v) is 4.48. The number of aromatic nitrogens is 2. The van der Waals surface area contributed by atoms with Gasteiger partial charge in [0.05, 0.1) is 11.9 Å². The predicted octanol–water partition coefficient (Wildman–Crippen LogP) is 3.32. The van der Waals surface area contributed by atoms with Gasteiger partial charge in [0.25, 0.3) is 0 Å². The first-order valence-electron chi connectivity index (χ1n) is 5.57. The Kier molecular flexibility index (Phi) is 2.58. The zero-order valence-electron chi connectivity index (χ0n) is 10.6. The summed E-state index contributed by atoms with van der Waals surface area (Å²) >= 11 is 0. The van der Waals surface area contributed by atoms with Gasteiger partial charge >= 0.3 is 0 Å². The van der Waals surface area contributed by atoms with Gasteiger partial charge in [0.15, 0.2) is 0 Å². The SMILES string of the molecule is Cc1cc(-c2cnc(C)n2C)cc(C)c1C. The van der Waals surface area contributed by atoms with Gasteiger partial charge in [-0.3, -0.25) is 0 Å². The molecule has 0 saturated heterocycles. The first kappa shape index (κ1) is 10.9. The lowest BCUT2D eigenvalue weighted by Gasteiger charge is -2.10. The summed E-state index contributed by atoms with van der Waals surface area (Å²) in [6.45, 7) is 8.52. The van der Waals surface area contributed by atoms with Crippen LogP contribution in [0.2, 0.25) is 0 Å². The molecule has 0 aliphatic carbocycles. The quantitative estimate of drug-likeness (QED) is 0.712. The first-order valence-corrected chi connectivity index (χ1v) is 5.57. The van der Waals surface area contributed by atoms with Gasteiger partial charge in [-0.15, -0.1) is 0 Å². The van der Waals surface area contributed by atoms with Crippen molar-refractivity contribution in [2.45, 2.75) is 27.7 Å². The number of imidazole rings is 1. The van der Waals surface area contributed by atoms with E-state index in [4.69, 9.17) is 0 Å². The summed E-state index contributed by atoms with van der Waals surface area (Å²) in [5.41, 5.74) is 6.50. The standard InChI is InChI=1S/C14H18N2/c1-9-6-13(7-10(2)11(9)3)14-8-15-12(4)16(14)5/h6-8H,1-5H3. The third-order valence-corrected chi connectivity index (χ3v) is 3.44. The smallest absolute Gasteiger partial charge is 0.105 e. The molecular weight excluding hydrogens is 196 g/mol. The number of aryl methyl sites for hydroxylation is 3. The Morgan fingerprint density at radius 3 is 2.00 bits per heavy atom. The monoisotopic (exact) mass is 214 g/mol. The summed E-state index contributed by atoms with van der Waals surface area (Å²) in [6.07, 6.45) is 1.94. The van der Waals surface area contributed by atoms with Crippen molar-refractivity contribution in [3.63, 3.8) is 0 Å². The van der Waals surface area contributed by atoms with Gasteiger partial charge in [0, 0.05) is 12.6 Å². The molecule has 0 amide bonds. The van der Waals surface area contributed by atoms with Crippen LogP contribution in [0.15, 0.2) is 18.3 Å². The fourth-order valence-corrected chi connectivity index (χ4v) is 1.95. The highest BCUT2D eigenvalue weighted by Crippen LogP contribution is 2.24. The maximum absolute atomic E-state index is 4.34. The zero-order chi connectivity index (χ0) is 11.9. The Balaban J connectivity index is 2.61. The second kappa shape index (κ2) is 3.78. The third kappa shape index (κ3) is 1.64. The lowest BCUT2D eigenvalue weighted by molar-refractivity contribution is 0.864. The van der Waals surface area contributed by atoms with Crippen LogP contribution in [0.3, 0.4) is 0 Å². The summed E-state index contributed by atoms with van der Waals surface area (Å²) < 4.78 is 2.13. The average Bonchev–Trinajstić information content (AvgIpc) is 2.56. The fourth-order valence-electron chi connectivity index (χ4n) is 1.95. The molecule has 0 fully saturated rings. The van der Waals surface area contributed by atoms with Crippen molar-refractivity contribution < 1.29 is 0 Å². The summed E-state index contributed by atoms with van der Waals surface area (Å²) in [4.78, 5) is 4.34. The number of rotatable bonds is 1. The minimum absolute atomic E-state index is 1.05. The van der Waals surface area contributed by atoms with Gasteiger partial charge < -0.3 is 4.57 Å². The van der Waals surface area contributed by atoms with Crippen molar-refractivity contribution >= 4 is 0 Å². The van der Waals surface area contributed by atoms with E-state index in [9.17, 15) is 0 Å². The fraction of sp³-hybridized carbons (Fsp3) is 0.357. The first-order chi connectivity index (χ1) is 7.50. The summed E-state index contributed by atoms with van der Waals surface area (Å²) in [5.74, 6) is 1.05. The summed E-state index contributed by atoms with van der Waals surface area (Å²) in [7, 11) is 2.06. The molecule has 0 radical (unpaired) electrons. The van der Waals surface area contributed by atoms with Gasteiger partial charge in [-0.2, -0.15) is 0 Å². The molecule has 0 bridgehead atoms. The Hall–Kier alpha value is -1.57. The molecule has 0 atom stereocenters. The number of benzene rings is 1. The van der Waals surface area contributed by atoms with E-state index in [2.05, 4.69) is 49.5 Å². The second-order valence-electron chi connectivity index (χ2n) is 4.48. The average molecular weight is 214 g/mol. The van der Waals surface area contributed by atoms with Crippen LogP contribution in [-0.2, 0) is 7.05 Å². The van der Waals surface area contributed by atoms with E-state index in [0.717, 1.165) is 5.82 Å². The Morgan fingerprint density at radius 2 is 1.56 bits per heavy atom. The van der Waals surface area contributed by atoms with Crippen LogP contribution in [0.4, 0.5) is 0 Å². The molecule has 1 aromatic carbocycles. The maximum Gasteiger partial charge on any atom is 0.105 e. The van der Waals surface area contributed by atoms with Gasteiger partial charge in [0.1, 0.15) is 5.82 Å². The third-order valence-electron chi connectivity index (χ3n) is 3.44. The summed E-state index contributed by atoms with van der Waals surface area (Å²) in [5, 5.41) is 0. The van der Waals surface area contributed by atoms with Crippen LogP contribution in [-0.4, -0.2) is 9.55 Å². The Bertz CT molecular complexity index is 513. The highest BCUT2D eigenvalue weighted by molar-refractivity contribution is 5.62. The molecular formula is C14H18N2. The van der Waals surface area contributed by atoms with Gasteiger partial charge in [-0.25, -0.2) is 4.98 Å². The molecule has 2 rings (SSSR count). The van der Waals surface area contributed by atoms with E-state index in [1.54, 1.807) is 0 Å². The molecule has 0 aliphatic heterocycles. The molecule has 84 valence electrons. The van der Waals surface area contributed by atoms with Crippen LogP contribution >= 0.6 is 0 Å². The molecule has 1 aromatic heterocycles. The van der Waals surface area contributed by atoms with Gasteiger partial charge in [0.2, 0.25) is 0 Å². The van der Waals surface area contributed by atoms with E-state index < -0.39 is 0 Å². The normalized spacial score (nSPS) is 10.8. The molecule has 2 aromatic rings. The highest BCUT2D eigenvalue weighted by Gasteiger charge is 2.08. The Labute approximate surface area is 97.0 Å². The molecule has 0 unspecified atom stereocenters. The number of nitrogens with zero attached hydrogens (tertiary/aromatic N) is 2. The van der Waals surface area contributed by atoms with Crippen molar-refractivity contribution in [1.82, 2.24) is 9.55 Å². The molecule has 1 heterocycles. The molecule has 2 nitrogen and oxygen atoms in total. The molecule has 0 aliphatic rings. The number of hydrogen-bond donors (Lipinski definition) is 0. The van der Waals surface area contributed by atoms with Gasteiger partial charge in [-0.1, -0.05) is 0 Å². The molecule has 16 heavy (non-hydrogen) atoms. The van der Waals surface area contributed by atoms with Crippen LogP contribution in [0.25, 0.3) is 11.3 Å². The minimum Gasteiger partial charge on any atom is -0.331 e. The van der Waals surface area contributed by atoms with Crippen molar-refractivity contribution in [1.29, 1.82) is 0 Å². The van der Waals surface area contributed by atoms with E-state index in [-0.39, 0.29) is 0 Å². The topological polar surface area (TPSA) is 17.8 Å². The lowest BCUT2D eigenvalue weighted by atomic mass is 9.99. The van der Waals surface area contributed by atoms with E-state index in [1.807, 2.05) is 13.1 Å². The molecule has 0 saturated carbocycles. The molecule has 2 heteroatoms. The maximum atomic E-state index is 4.34. The highest BCUT2D eigenvalue weighted by atomic mass is 15.0. The van der Waals surface area contributed by atoms with Crippen molar-refractivity contribution in [2.24, 2.45) is 7.05 Å². The van der Waals surface area contributed by atoms with E-state index in [0.29, 0.717) is 0 Å². The van der Waals surface area contributed by atoms with Crippen LogP contribution in [0, 0.1) is 27.7 Å². The van der Waals surface area contributed by atoms with Crippen molar-refractivity contribution in [3.05, 3.63) is 40.8 Å². The van der Waals surface area contributed by atoms with E-state index in [1.165, 1.54) is 27.9 Å². The Morgan fingerprint density at radius 1 is 1.00 bits per heavy atom. The minimum atomic E-state index is 1.05. The van der Waals surface area contributed by atoms with Crippen LogP contribution < -0.4 is 0 Å². The zero-order valence-corrected chi connectivity index (χ0v) is 10.6. The van der Waals surface area contributed by atoms with Gasteiger partial charge in [-0.05, 0) is 56.5 Å². The summed E-state index contributed by atoms with van der Waals surface area (Å²) in [6, 6.07) is 4.47. The molecule has 0 N–H and O–H groups in total. The van der Waals surface area contributed by atoms with Crippen molar-refractivity contribution in [3.8, 4) is 11.3 Å².